The van der Waals surface area contributed by atoms with Crippen LogP contribution in [0.4, 0.5) is 0 Å². The Kier molecular flexibility index (Phi) is 26.4. The van der Waals surface area contributed by atoms with Crippen LogP contribution in [0.5, 0.6) is 5.75 Å². The molecule has 24 heteroatoms. The van der Waals surface area contributed by atoms with Crippen LogP contribution in [0.15, 0.2) is 29.4 Å². The van der Waals surface area contributed by atoms with E-state index in [9.17, 15) is 53.5 Å². The summed E-state index contributed by atoms with van der Waals surface area (Å²) in [4.78, 5) is 156. The molecule has 0 unspecified atom stereocenters. The normalized spacial score (nSPS) is 26.4. The first-order valence-corrected chi connectivity index (χ1v) is 28.4. The Hall–Kier alpha value is -6.97. The molecule has 0 aliphatic carbocycles. The van der Waals surface area contributed by atoms with Crippen LogP contribution in [-0.2, 0) is 59.1 Å². The molecule has 1 aromatic carbocycles. The molecule has 0 saturated carbocycles. The standard InChI is InChI=1S/C57H92N12O12/c1-18-35(9)47-49(71)59-31-43(70)65(13)45(33(5)6)50(72)61-40(30-38-23-25-39(80-17)26-24-38)57(79)81-37(11)52(74)69-29-21-20-22-42(69)54(76)66(14)46(34(7)8)51(73)62-44(32(3)4)55(77)64(12)41(27-28-60-63-58)53(75)68(16)48(36(10)19-2)56(78)67(47)15/h23-26,32-37,40-42,44-48H,18-22,27-31H2,1-17H3,(H,59,71)(H,61,72)(H,62,73)/t35-,36+,37-,40+,41+,42+,44+,45+,46+,47+,48+/m1/s1. The van der Waals surface area contributed by atoms with Gasteiger partial charge in [0.25, 0.3) is 5.91 Å². The lowest BCUT2D eigenvalue weighted by atomic mass is 9.92. The molecule has 11 atom stereocenters. The summed E-state index contributed by atoms with van der Waals surface area (Å²) >= 11 is 0. The second-order valence-corrected chi connectivity index (χ2v) is 22.8. The van der Waals surface area contributed by atoms with Crippen LogP contribution in [0.3, 0.4) is 0 Å². The van der Waals surface area contributed by atoms with Gasteiger partial charge < -0.3 is 54.8 Å². The first-order chi connectivity index (χ1) is 38.0. The maximum absolute atomic E-state index is 15.0. The van der Waals surface area contributed by atoms with Crippen LogP contribution in [0.1, 0.15) is 120 Å². The van der Waals surface area contributed by atoms with Crippen molar-refractivity contribution in [2.24, 2.45) is 34.7 Å². The van der Waals surface area contributed by atoms with Gasteiger partial charge in [0, 0.05) is 59.7 Å². The Bertz CT molecular complexity index is 2430. The fraction of sp³-hybridized carbons (Fsp3) is 0.719. The van der Waals surface area contributed by atoms with E-state index in [0.29, 0.717) is 37.0 Å². The number of benzene rings is 1. The molecule has 3 rings (SSSR count). The molecule has 3 N–H and O–H groups in total. The molecular formula is C57H92N12O12. The summed E-state index contributed by atoms with van der Waals surface area (Å²) in [6, 6.07) is -3.05. The van der Waals surface area contributed by atoms with E-state index < -0.39 is 150 Å². The molecule has 81 heavy (non-hydrogen) atoms. The number of fused-ring (bicyclic) bond motifs is 1. The van der Waals surface area contributed by atoms with E-state index in [0.717, 1.165) is 9.80 Å². The minimum absolute atomic E-state index is 0.106. The number of nitrogens with zero attached hydrogens (tertiary/aromatic N) is 9. The van der Waals surface area contributed by atoms with Gasteiger partial charge in [-0.2, -0.15) is 0 Å². The van der Waals surface area contributed by atoms with Crippen molar-refractivity contribution in [3.05, 3.63) is 40.3 Å². The topological polar surface area (TPSA) is 293 Å². The molecule has 0 radical (unpaired) electrons. The van der Waals surface area contributed by atoms with Gasteiger partial charge in [0.2, 0.25) is 47.3 Å². The van der Waals surface area contributed by atoms with Gasteiger partial charge in [0.15, 0.2) is 6.10 Å². The molecule has 0 bridgehead atoms. The molecule has 2 fully saturated rings. The molecule has 24 nitrogen and oxygen atoms in total. The summed E-state index contributed by atoms with van der Waals surface area (Å²) < 4.78 is 11.2. The summed E-state index contributed by atoms with van der Waals surface area (Å²) in [5.74, 6) is -9.07. The number of carbonyl (C=O) groups excluding carboxylic acids is 10. The zero-order valence-corrected chi connectivity index (χ0v) is 50.9. The SMILES string of the molecule is CC[C@@H](C)[C@H]1C(=O)NCC(=O)N(C)[C@@H](C(C)C)C(=O)N[C@@H](Cc2ccc(OC)cc2)C(=O)O[C@H](C)C(=O)N2CCCC[C@H]2C(=O)N(C)[C@@H](C(C)C)C(=O)N[C@@H](C(C)C)C(=O)N(C)[C@@H](CCN=[N+]=[N-])C(=O)N(C)[C@@H]([C@@H](C)CC)C(=O)N1C. The third-order valence-electron chi connectivity index (χ3n) is 16.0. The van der Waals surface area contributed by atoms with Gasteiger partial charge in [-0.15, -0.1) is 0 Å². The number of ether oxygens (including phenoxy) is 2. The quantitative estimate of drug-likeness (QED) is 0.111. The molecule has 9 amide bonds. The Labute approximate surface area is 478 Å². The van der Waals surface area contributed by atoms with E-state index in [1.807, 2.05) is 13.8 Å². The fourth-order valence-electron chi connectivity index (χ4n) is 10.8. The average Bonchev–Trinajstić information content (AvgIpc) is 3.45. The predicted molar refractivity (Wildman–Crippen MR) is 303 cm³/mol. The Morgan fingerprint density at radius 1 is 0.654 bits per heavy atom. The van der Waals surface area contributed by atoms with E-state index in [1.165, 1.54) is 68.9 Å². The summed E-state index contributed by atoms with van der Waals surface area (Å²) in [7, 11) is 8.58. The molecular weight excluding hydrogens is 1040 g/mol. The van der Waals surface area contributed by atoms with Crippen LogP contribution in [0.25, 0.3) is 10.4 Å². The van der Waals surface area contributed by atoms with Crippen LogP contribution < -0.4 is 20.7 Å². The molecule has 0 aromatic heterocycles. The van der Waals surface area contributed by atoms with E-state index in [1.54, 1.807) is 79.7 Å². The zero-order valence-electron chi connectivity index (χ0n) is 50.9. The van der Waals surface area contributed by atoms with Crippen LogP contribution in [-0.4, -0.2) is 205 Å². The first kappa shape index (κ1) is 68.3. The number of carbonyl (C=O) groups is 10. The molecule has 2 saturated heterocycles. The molecule has 2 aliphatic rings. The van der Waals surface area contributed by atoms with E-state index in [-0.39, 0.29) is 32.4 Å². The number of hydrogen-bond acceptors (Lipinski definition) is 13. The summed E-state index contributed by atoms with van der Waals surface area (Å²) in [5.41, 5.74) is 9.85. The highest BCUT2D eigenvalue weighted by atomic mass is 16.5. The number of nitrogens with one attached hydrogen (secondary N) is 3. The summed E-state index contributed by atoms with van der Waals surface area (Å²) in [6.07, 6.45) is 0.384. The number of amides is 9. The lowest BCUT2D eigenvalue weighted by Crippen LogP contribution is -2.63. The number of rotatable bonds is 13. The molecule has 0 spiro atoms. The van der Waals surface area contributed by atoms with Gasteiger partial charge in [-0.25, -0.2) is 4.79 Å². The summed E-state index contributed by atoms with van der Waals surface area (Å²) in [5, 5.41) is 12.0. The van der Waals surface area contributed by atoms with Crippen molar-refractivity contribution in [2.45, 2.75) is 176 Å². The van der Waals surface area contributed by atoms with Gasteiger partial charge >= 0.3 is 5.97 Å². The maximum Gasteiger partial charge on any atom is 0.329 e. The second-order valence-electron chi connectivity index (χ2n) is 22.8. The van der Waals surface area contributed by atoms with Crippen LogP contribution in [0.2, 0.25) is 0 Å². The van der Waals surface area contributed by atoms with Crippen molar-refractivity contribution < 1.29 is 57.4 Å². The predicted octanol–water partition coefficient (Wildman–Crippen LogP) is 3.55. The minimum atomic E-state index is -1.46. The van der Waals surface area contributed by atoms with Crippen molar-refractivity contribution in [3.63, 3.8) is 0 Å². The largest absolute Gasteiger partial charge is 0.497 e. The second kappa shape index (κ2) is 31.3. The van der Waals surface area contributed by atoms with Crippen molar-refractivity contribution in [1.29, 1.82) is 0 Å². The number of esters is 1. The van der Waals surface area contributed by atoms with E-state index in [2.05, 4.69) is 26.0 Å². The van der Waals surface area contributed by atoms with Gasteiger partial charge in [0.05, 0.1) is 13.7 Å². The third-order valence-corrected chi connectivity index (χ3v) is 16.0. The Morgan fingerprint density at radius 2 is 1.20 bits per heavy atom. The van der Waals surface area contributed by atoms with Gasteiger partial charge in [-0.1, -0.05) is 99.3 Å². The first-order valence-electron chi connectivity index (χ1n) is 28.4. The van der Waals surface area contributed by atoms with Gasteiger partial charge in [-0.05, 0) is 85.4 Å². The molecule has 2 heterocycles. The number of azide groups is 1. The van der Waals surface area contributed by atoms with Crippen molar-refractivity contribution in [3.8, 4) is 5.75 Å². The zero-order chi connectivity index (χ0) is 61.3. The lowest BCUT2D eigenvalue weighted by molar-refractivity contribution is -0.165. The average molecular weight is 1140 g/mol. The Balaban J connectivity index is 2.28. The highest BCUT2D eigenvalue weighted by Crippen LogP contribution is 2.26. The van der Waals surface area contributed by atoms with Crippen molar-refractivity contribution in [1.82, 2.24) is 45.3 Å². The number of methoxy groups -OCH3 is 1. The maximum atomic E-state index is 15.0. The van der Waals surface area contributed by atoms with Gasteiger partial charge in [-0.3, -0.25) is 43.2 Å². The smallest absolute Gasteiger partial charge is 0.329 e. The van der Waals surface area contributed by atoms with Crippen molar-refractivity contribution >= 4 is 59.1 Å². The monoisotopic (exact) mass is 1140 g/mol. The highest BCUT2D eigenvalue weighted by Gasteiger charge is 2.45. The number of piperidine rings is 1. The number of likely N-dealkylation sites (N-methyl/N-ethyl adjacent to an activating group) is 5. The molecule has 1 aromatic rings. The van der Waals surface area contributed by atoms with Gasteiger partial charge in [0.1, 0.15) is 54.1 Å². The lowest BCUT2D eigenvalue weighted by Gasteiger charge is -2.41. The molecule has 2 aliphatic heterocycles. The fourth-order valence-corrected chi connectivity index (χ4v) is 10.8. The van der Waals surface area contributed by atoms with Crippen LogP contribution >= 0.6 is 0 Å². The summed E-state index contributed by atoms with van der Waals surface area (Å²) in [6.45, 7) is 18.2. The number of cyclic esters (lactones) is 1. The van der Waals surface area contributed by atoms with Crippen molar-refractivity contribution in [2.75, 3.05) is 62.0 Å². The molecule has 452 valence electrons. The third kappa shape index (κ3) is 17.3. The minimum Gasteiger partial charge on any atom is -0.497 e. The highest BCUT2D eigenvalue weighted by molar-refractivity contribution is 5.99. The van der Waals surface area contributed by atoms with E-state index in [4.69, 9.17) is 9.47 Å². The number of hydrogen-bond donors (Lipinski definition) is 3. The van der Waals surface area contributed by atoms with Crippen LogP contribution in [0, 0.1) is 29.6 Å². The van der Waals surface area contributed by atoms with E-state index >= 15 is 0 Å². The Morgan fingerprint density at radius 3 is 1.74 bits per heavy atom.